The smallest absolute Gasteiger partial charge is 0.252 e. The average Bonchev–Trinajstić information content (AvgIpc) is 2.60. The van der Waals surface area contributed by atoms with E-state index in [-0.39, 0.29) is 18.4 Å². The molecule has 1 aromatic heterocycles. The maximum Gasteiger partial charge on any atom is 0.252 e. The fourth-order valence-corrected chi connectivity index (χ4v) is 5.32. The van der Waals surface area contributed by atoms with Gasteiger partial charge >= 0.3 is 0 Å². The molecular formula is C10H16Cl2N2O2S2. The van der Waals surface area contributed by atoms with E-state index in [1.807, 2.05) is 13.8 Å². The zero-order chi connectivity index (χ0) is 12.6. The lowest BCUT2D eigenvalue weighted by Crippen LogP contribution is -2.51. The maximum atomic E-state index is 12.4. The van der Waals surface area contributed by atoms with Crippen molar-refractivity contribution in [3.63, 3.8) is 0 Å². The summed E-state index contributed by atoms with van der Waals surface area (Å²) in [5.41, 5.74) is 0.818. The van der Waals surface area contributed by atoms with Crippen molar-refractivity contribution >= 4 is 45.4 Å². The van der Waals surface area contributed by atoms with Gasteiger partial charge in [0, 0.05) is 25.7 Å². The first-order chi connectivity index (χ1) is 7.93. The Labute approximate surface area is 123 Å². The van der Waals surface area contributed by atoms with Crippen molar-refractivity contribution in [1.29, 1.82) is 0 Å². The van der Waals surface area contributed by atoms with E-state index in [9.17, 15) is 8.42 Å². The lowest BCUT2D eigenvalue weighted by Gasteiger charge is -2.32. The van der Waals surface area contributed by atoms with Gasteiger partial charge in [0.05, 0.1) is 4.34 Å². The molecule has 1 N–H and O–H groups in total. The van der Waals surface area contributed by atoms with E-state index >= 15 is 0 Å². The molecule has 0 radical (unpaired) electrons. The van der Waals surface area contributed by atoms with Crippen molar-refractivity contribution < 1.29 is 8.42 Å². The highest BCUT2D eigenvalue weighted by atomic mass is 35.5. The average molecular weight is 331 g/mol. The van der Waals surface area contributed by atoms with E-state index in [1.54, 1.807) is 10.4 Å². The molecule has 0 spiro atoms. The second-order valence-corrected chi connectivity index (χ2v) is 7.96. The Morgan fingerprint density at radius 3 is 2.72 bits per heavy atom. The second-order valence-electron chi connectivity index (χ2n) is 4.19. The number of piperazine rings is 1. The SMILES string of the molecule is Cc1cc(S(=O)(=O)N2CCNCC2C)sc1Cl.Cl. The van der Waals surface area contributed by atoms with Gasteiger partial charge in [-0.25, -0.2) is 8.42 Å². The molecule has 1 aliphatic rings. The van der Waals surface area contributed by atoms with Crippen LogP contribution in [0.15, 0.2) is 10.3 Å². The minimum Gasteiger partial charge on any atom is -0.314 e. The van der Waals surface area contributed by atoms with Crippen LogP contribution in [0.1, 0.15) is 12.5 Å². The highest BCUT2D eigenvalue weighted by Gasteiger charge is 2.32. The molecule has 1 saturated heterocycles. The predicted molar refractivity (Wildman–Crippen MR) is 77.5 cm³/mol. The molecule has 0 saturated carbocycles. The van der Waals surface area contributed by atoms with Crippen molar-refractivity contribution in [2.45, 2.75) is 24.1 Å². The number of nitrogens with zero attached hydrogens (tertiary/aromatic N) is 1. The standard InChI is InChI=1S/C10H15ClN2O2S2.ClH/c1-7-5-9(16-10(7)11)17(14,15)13-4-3-12-6-8(13)2;/h5,8,12H,3-4,6H2,1-2H3;1H. The molecular weight excluding hydrogens is 315 g/mol. The predicted octanol–water partition coefficient (Wildman–Crippen LogP) is 2.11. The number of nitrogens with one attached hydrogen (secondary N) is 1. The number of sulfonamides is 1. The van der Waals surface area contributed by atoms with Gasteiger partial charge in [-0.05, 0) is 25.5 Å². The summed E-state index contributed by atoms with van der Waals surface area (Å²) in [6.45, 7) is 5.63. The Hall–Kier alpha value is 0.150. The molecule has 1 aliphatic heterocycles. The van der Waals surface area contributed by atoms with Gasteiger partial charge in [0.15, 0.2) is 0 Å². The van der Waals surface area contributed by atoms with Gasteiger partial charge in [0.25, 0.3) is 10.0 Å². The fourth-order valence-electron chi connectivity index (χ4n) is 1.85. The Morgan fingerprint density at radius 2 is 2.22 bits per heavy atom. The molecule has 0 aromatic carbocycles. The third-order valence-electron chi connectivity index (χ3n) is 2.84. The molecule has 18 heavy (non-hydrogen) atoms. The monoisotopic (exact) mass is 330 g/mol. The van der Waals surface area contributed by atoms with Gasteiger partial charge in [-0.3, -0.25) is 0 Å². The van der Waals surface area contributed by atoms with Gasteiger partial charge in [0.1, 0.15) is 4.21 Å². The quantitative estimate of drug-likeness (QED) is 0.903. The minimum atomic E-state index is -3.39. The first-order valence-corrected chi connectivity index (χ1v) is 8.05. The van der Waals surface area contributed by atoms with Gasteiger partial charge in [0.2, 0.25) is 0 Å². The summed E-state index contributed by atoms with van der Waals surface area (Å²) in [4.78, 5) is 0. The summed E-state index contributed by atoms with van der Waals surface area (Å²) in [5.74, 6) is 0. The number of thiophene rings is 1. The van der Waals surface area contributed by atoms with Crippen LogP contribution in [-0.2, 0) is 10.0 Å². The largest absolute Gasteiger partial charge is 0.314 e. The van der Waals surface area contributed by atoms with Crippen LogP contribution in [0, 0.1) is 6.92 Å². The third-order valence-corrected chi connectivity index (χ3v) is 6.86. The molecule has 0 aliphatic carbocycles. The Balaban J connectivity index is 0.00000162. The van der Waals surface area contributed by atoms with Crippen molar-refractivity contribution in [3.8, 4) is 0 Å². The lowest BCUT2D eigenvalue weighted by molar-refractivity contribution is 0.284. The molecule has 8 heteroatoms. The van der Waals surface area contributed by atoms with Crippen LogP contribution in [0.3, 0.4) is 0 Å². The number of hydrogen-bond donors (Lipinski definition) is 1. The summed E-state index contributed by atoms with van der Waals surface area (Å²) >= 11 is 7.07. The van der Waals surface area contributed by atoms with Crippen LogP contribution in [0.5, 0.6) is 0 Å². The minimum absolute atomic E-state index is 0. The van der Waals surface area contributed by atoms with Gasteiger partial charge < -0.3 is 5.32 Å². The van der Waals surface area contributed by atoms with Gasteiger partial charge in [-0.15, -0.1) is 23.7 Å². The number of rotatable bonds is 2. The third kappa shape index (κ3) is 3.00. The Kier molecular flexibility index (Phi) is 5.46. The molecule has 1 fully saturated rings. The first-order valence-electron chi connectivity index (χ1n) is 5.41. The Morgan fingerprint density at radius 1 is 1.56 bits per heavy atom. The molecule has 0 amide bonds. The van der Waals surface area contributed by atoms with E-state index in [2.05, 4.69) is 5.32 Å². The molecule has 104 valence electrons. The van der Waals surface area contributed by atoms with Gasteiger partial charge in [-0.2, -0.15) is 4.31 Å². The highest BCUT2D eigenvalue weighted by Crippen LogP contribution is 2.32. The molecule has 1 unspecified atom stereocenters. The van der Waals surface area contributed by atoms with Crippen LogP contribution in [0.25, 0.3) is 0 Å². The summed E-state index contributed by atoms with van der Waals surface area (Å²) in [6.07, 6.45) is 0. The lowest BCUT2D eigenvalue weighted by atomic mass is 10.3. The molecule has 0 bridgehead atoms. The molecule has 1 aromatic rings. The van der Waals surface area contributed by atoms with Crippen LogP contribution >= 0.6 is 35.3 Å². The van der Waals surface area contributed by atoms with Crippen molar-refractivity contribution in [2.75, 3.05) is 19.6 Å². The van der Waals surface area contributed by atoms with E-state index in [0.29, 0.717) is 28.2 Å². The van der Waals surface area contributed by atoms with Gasteiger partial charge in [-0.1, -0.05) is 11.6 Å². The van der Waals surface area contributed by atoms with Crippen LogP contribution in [0.4, 0.5) is 0 Å². The molecule has 2 rings (SSSR count). The summed E-state index contributed by atoms with van der Waals surface area (Å²) < 4.78 is 27.3. The van der Waals surface area contributed by atoms with E-state index in [0.717, 1.165) is 16.9 Å². The fraction of sp³-hybridized carbons (Fsp3) is 0.600. The zero-order valence-corrected chi connectivity index (χ0v) is 13.3. The molecule has 1 atom stereocenters. The molecule has 4 nitrogen and oxygen atoms in total. The molecule has 2 heterocycles. The van der Waals surface area contributed by atoms with Crippen LogP contribution in [-0.4, -0.2) is 38.4 Å². The first kappa shape index (κ1) is 16.2. The van der Waals surface area contributed by atoms with Crippen LogP contribution < -0.4 is 5.32 Å². The van der Waals surface area contributed by atoms with Crippen molar-refractivity contribution in [3.05, 3.63) is 16.0 Å². The summed E-state index contributed by atoms with van der Waals surface area (Å²) in [7, 11) is -3.39. The maximum absolute atomic E-state index is 12.4. The van der Waals surface area contributed by atoms with Crippen LogP contribution in [0.2, 0.25) is 4.34 Å². The number of halogens is 2. The topological polar surface area (TPSA) is 49.4 Å². The summed E-state index contributed by atoms with van der Waals surface area (Å²) in [6, 6.07) is 1.63. The zero-order valence-electron chi connectivity index (χ0n) is 10.1. The van der Waals surface area contributed by atoms with Crippen molar-refractivity contribution in [2.24, 2.45) is 0 Å². The van der Waals surface area contributed by atoms with E-state index < -0.39 is 10.0 Å². The highest BCUT2D eigenvalue weighted by molar-refractivity contribution is 7.91. The normalized spacial score (nSPS) is 21.6. The van der Waals surface area contributed by atoms with E-state index in [4.69, 9.17) is 11.6 Å². The Bertz CT molecular complexity index is 496. The number of hydrogen-bond acceptors (Lipinski definition) is 4. The number of aryl methyl sites for hydroxylation is 1. The summed E-state index contributed by atoms with van der Waals surface area (Å²) in [5, 5.41) is 3.18. The van der Waals surface area contributed by atoms with Crippen molar-refractivity contribution in [1.82, 2.24) is 9.62 Å². The second kappa shape index (κ2) is 6.07. The van der Waals surface area contributed by atoms with E-state index in [1.165, 1.54) is 0 Å².